The van der Waals surface area contributed by atoms with Crippen molar-refractivity contribution in [3.63, 3.8) is 0 Å². The van der Waals surface area contributed by atoms with Gasteiger partial charge in [-0.2, -0.15) is 0 Å². The van der Waals surface area contributed by atoms with Gasteiger partial charge in [-0.05, 0) is 38.1 Å². The molecule has 1 aromatic rings. The van der Waals surface area contributed by atoms with E-state index in [-0.39, 0.29) is 0 Å². The van der Waals surface area contributed by atoms with Crippen LogP contribution < -0.4 is 5.73 Å². The van der Waals surface area contributed by atoms with Crippen molar-refractivity contribution in [2.75, 3.05) is 12.3 Å². The van der Waals surface area contributed by atoms with Crippen molar-refractivity contribution >= 4 is 17.7 Å². The van der Waals surface area contributed by atoms with Gasteiger partial charge in [0.15, 0.2) is 0 Å². The van der Waals surface area contributed by atoms with E-state index in [0.717, 1.165) is 0 Å². The summed E-state index contributed by atoms with van der Waals surface area (Å²) in [7, 11) is 0. The number of nitrogen functional groups attached to an aromatic ring is 1. The fraction of sp³-hybridized carbons (Fsp3) is 0.250. The van der Waals surface area contributed by atoms with Crippen molar-refractivity contribution in [2.45, 2.75) is 13.8 Å². The summed E-state index contributed by atoms with van der Waals surface area (Å²) in [5, 5.41) is 0. The van der Waals surface area contributed by atoms with Crippen LogP contribution >= 0.6 is 0 Å². The molecule has 0 atom stereocenters. The molecule has 2 N–H and O–H groups in total. The Hall–Kier alpha value is -1.84. The monoisotopic (exact) mass is 223 g/mol. The number of anilines is 1. The average molecular weight is 223 g/mol. The van der Waals surface area contributed by atoms with Gasteiger partial charge in [-0.1, -0.05) is 0 Å². The maximum atomic E-state index is 13.4. The maximum absolute atomic E-state index is 13.4. The number of esters is 1. The maximum Gasteiger partial charge on any atom is 0.333 e. The Labute approximate surface area is 93.7 Å². The highest BCUT2D eigenvalue weighted by molar-refractivity contribution is 5.93. The summed E-state index contributed by atoms with van der Waals surface area (Å²) < 4.78 is 18.2. The molecule has 0 fully saturated rings. The third kappa shape index (κ3) is 3.08. The number of halogens is 1. The fourth-order valence-corrected chi connectivity index (χ4v) is 1.20. The summed E-state index contributed by atoms with van der Waals surface area (Å²) in [6.07, 6.45) is 1.44. The molecule has 0 aromatic heterocycles. The first-order chi connectivity index (χ1) is 7.54. The van der Waals surface area contributed by atoms with E-state index in [1.54, 1.807) is 19.9 Å². The molecule has 0 spiro atoms. The third-order valence-corrected chi connectivity index (χ3v) is 1.99. The molecule has 0 saturated heterocycles. The topological polar surface area (TPSA) is 52.3 Å². The molecule has 3 nitrogen and oxygen atoms in total. The third-order valence-electron chi connectivity index (χ3n) is 1.99. The summed E-state index contributed by atoms with van der Waals surface area (Å²) in [5.74, 6) is -0.901. The normalized spacial score (nSPS) is 11.3. The van der Waals surface area contributed by atoms with Crippen LogP contribution in [-0.2, 0) is 9.53 Å². The second kappa shape index (κ2) is 5.30. The van der Waals surface area contributed by atoms with Gasteiger partial charge in [-0.3, -0.25) is 0 Å². The molecule has 0 unspecified atom stereocenters. The summed E-state index contributed by atoms with van der Waals surface area (Å²) in [6.45, 7) is 3.59. The van der Waals surface area contributed by atoms with Gasteiger partial charge in [0.1, 0.15) is 5.82 Å². The van der Waals surface area contributed by atoms with Crippen LogP contribution in [0.5, 0.6) is 0 Å². The molecule has 0 amide bonds. The highest BCUT2D eigenvalue weighted by Gasteiger charge is 2.06. The number of ether oxygens (including phenoxy) is 1. The molecule has 0 heterocycles. The molecule has 86 valence electrons. The lowest BCUT2D eigenvalue weighted by atomic mass is 10.1. The Morgan fingerprint density at radius 2 is 2.25 bits per heavy atom. The van der Waals surface area contributed by atoms with Gasteiger partial charge in [-0.15, -0.1) is 0 Å². The minimum atomic E-state index is -0.455. The SMILES string of the molecule is CCOC(=O)C(C)=Cc1ccc(N)cc1F. The molecular weight excluding hydrogens is 209 g/mol. The van der Waals surface area contributed by atoms with Gasteiger partial charge in [0.05, 0.1) is 6.61 Å². The predicted molar refractivity (Wildman–Crippen MR) is 61.1 cm³/mol. The molecule has 1 aromatic carbocycles. The zero-order chi connectivity index (χ0) is 12.1. The number of hydrogen-bond donors (Lipinski definition) is 1. The zero-order valence-electron chi connectivity index (χ0n) is 9.29. The molecule has 0 aliphatic carbocycles. The van der Waals surface area contributed by atoms with Gasteiger partial charge in [-0.25, -0.2) is 9.18 Å². The zero-order valence-corrected chi connectivity index (χ0v) is 9.29. The van der Waals surface area contributed by atoms with Crippen molar-refractivity contribution in [3.8, 4) is 0 Å². The van der Waals surface area contributed by atoms with E-state index in [4.69, 9.17) is 10.5 Å². The van der Waals surface area contributed by atoms with E-state index >= 15 is 0 Å². The Morgan fingerprint density at radius 1 is 1.56 bits per heavy atom. The number of carbonyl (C=O) groups excluding carboxylic acids is 1. The lowest BCUT2D eigenvalue weighted by molar-refractivity contribution is -0.138. The van der Waals surface area contributed by atoms with Crippen molar-refractivity contribution in [1.82, 2.24) is 0 Å². The number of rotatable bonds is 3. The molecule has 16 heavy (non-hydrogen) atoms. The van der Waals surface area contributed by atoms with Crippen molar-refractivity contribution in [1.29, 1.82) is 0 Å². The number of carbonyl (C=O) groups is 1. The lowest BCUT2D eigenvalue weighted by Gasteiger charge is -2.03. The molecule has 0 aliphatic rings. The van der Waals surface area contributed by atoms with Crippen molar-refractivity contribution in [2.24, 2.45) is 0 Å². The van der Waals surface area contributed by atoms with Crippen LogP contribution in [0.2, 0.25) is 0 Å². The predicted octanol–water partition coefficient (Wildman–Crippen LogP) is 2.37. The van der Waals surface area contributed by atoms with Crippen LogP contribution in [0.1, 0.15) is 19.4 Å². The van der Waals surface area contributed by atoms with Crippen LogP contribution in [-0.4, -0.2) is 12.6 Å². The fourth-order valence-electron chi connectivity index (χ4n) is 1.20. The van der Waals surface area contributed by atoms with E-state index in [1.165, 1.54) is 18.2 Å². The molecule has 0 saturated carbocycles. The largest absolute Gasteiger partial charge is 0.463 e. The quantitative estimate of drug-likeness (QED) is 0.486. The second-order valence-corrected chi connectivity index (χ2v) is 3.33. The van der Waals surface area contributed by atoms with Gasteiger partial charge < -0.3 is 10.5 Å². The summed E-state index contributed by atoms with van der Waals surface area (Å²) in [5.41, 5.74) is 6.44. The molecule has 0 radical (unpaired) electrons. The average Bonchev–Trinajstić information content (AvgIpc) is 2.22. The van der Waals surface area contributed by atoms with E-state index in [9.17, 15) is 9.18 Å². The smallest absolute Gasteiger partial charge is 0.333 e. The van der Waals surface area contributed by atoms with Crippen LogP contribution in [0.4, 0.5) is 10.1 Å². The lowest BCUT2D eigenvalue weighted by Crippen LogP contribution is -2.05. The minimum absolute atomic E-state index is 0.300. The summed E-state index contributed by atoms with van der Waals surface area (Å²) >= 11 is 0. The number of hydrogen-bond acceptors (Lipinski definition) is 3. The van der Waals surface area contributed by atoms with E-state index in [1.807, 2.05) is 0 Å². The van der Waals surface area contributed by atoms with Crippen molar-refractivity contribution in [3.05, 3.63) is 35.2 Å². The molecule has 1 rings (SSSR count). The highest BCUT2D eigenvalue weighted by atomic mass is 19.1. The van der Waals surface area contributed by atoms with Gasteiger partial charge >= 0.3 is 5.97 Å². The Balaban J connectivity index is 2.94. The number of benzene rings is 1. The van der Waals surface area contributed by atoms with Crippen LogP contribution in [0, 0.1) is 5.82 Å². The van der Waals surface area contributed by atoms with Gasteiger partial charge in [0.2, 0.25) is 0 Å². The molecule has 0 bridgehead atoms. The summed E-state index contributed by atoms with van der Waals surface area (Å²) in [4.78, 5) is 11.3. The molecule has 0 aliphatic heterocycles. The first-order valence-electron chi connectivity index (χ1n) is 4.95. The Morgan fingerprint density at radius 3 is 2.81 bits per heavy atom. The van der Waals surface area contributed by atoms with Gasteiger partial charge in [0, 0.05) is 16.8 Å². The second-order valence-electron chi connectivity index (χ2n) is 3.33. The summed E-state index contributed by atoms with van der Waals surface area (Å²) in [6, 6.07) is 4.31. The Kier molecular flexibility index (Phi) is 4.05. The van der Waals surface area contributed by atoms with Crippen LogP contribution in [0.3, 0.4) is 0 Å². The highest BCUT2D eigenvalue weighted by Crippen LogP contribution is 2.15. The number of nitrogens with two attached hydrogens (primary N) is 1. The van der Waals surface area contributed by atoms with Gasteiger partial charge in [0.25, 0.3) is 0 Å². The minimum Gasteiger partial charge on any atom is -0.463 e. The first kappa shape index (κ1) is 12.2. The van der Waals surface area contributed by atoms with E-state index in [0.29, 0.717) is 23.4 Å². The van der Waals surface area contributed by atoms with Crippen molar-refractivity contribution < 1.29 is 13.9 Å². The van der Waals surface area contributed by atoms with E-state index < -0.39 is 11.8 Å². The molecule has 4 heteroatoms. The first-order valence-corrected chi connectivity index (χ1v) is 4.95. The van der Waals surface area contributed by atoms with E-state index in [2.05, 4.69) is 0 Å². The standard InChI is InChI=1S/C12H14FNO2/c1-3-16-12(15)8(2)6-9-4-5-10(14)7-11(9)13/h4-7H,3,14H2,1-2H3. The molecular formula is C12H14FNO2. The van der Waals surface area contributed by atoms with Crippen LogP contribution in [0.25, 0.3) is 6.08 Å². The Bertz CT molecular complexity index is 427. The van der Waals surface area contributed by atoms with Crippen LogP contribution in [0.15, 0.2) is 23.8 Å².